The van der Waals surface area contributed by atoms with Crippen LogP contribution in [0.2, 0.25) is 0 Å². The van der Waals surface area contributed by atoms with Gasteiger partial charge in [0.25, 0.3) is 0 Å². The van der Waals surface area contributed by atoms with Gasteiger partial charge >= 0.3 is 6.61 Å². The molecule has 0 aliphatic carbocycles. The molecule has 0 saturated heterocycles. The maximum atomic E-state index is 12.5. The summed E-state index contributed by atoms with van der Waals surface area (Å²) in [5.41, 5.74) is 1.46. The first-order valence-corrected chi connectivity index (χ1v) is 10.0. The van der Waals surface area contributed by atoms with E-state index in [4.69, 9.17) is 0 Å². The van der Waals surface area contributed by atoms with E-state index < -0.39 is 16.4 Å². The van der Waals surface area contributed by atoms with Gasteiger partial charge in [0.1, 0.15) is 15.6 Å². The number of halogens is 2. The second kappa shape index (κ2) is 10.2. The van der Waals surface area contributed by atoms with E-state index in [0.29, 0.717) is 31.0 Å². The first-order valence-electron chi connectivity index (χ1n) is 7.95. The lowest BCUT2D eigenvalue weighted by atomic mass is 10.1. The Kier molecular flexibility index (Phi) is 8.60. The smallest absolute Gasteiger partial charge is 0.387 e. The minimum Gasteiger partial charge on any atom is -0.434 e. The van der Waals surface area contributed by atoms with Gasteiger partial charge in [0.15, 0.2) is 5.96 Å². The van der Waals surface area contributed by atoms with Gasteiger partial charge in [-0.3, -0.25) is 0 Å². The third kappa shape index (κ3) is 9.23. The van der Waals surface area contributed by atoms with Crippen LogP contribution >= 0.6 is 0 Å². The summed E-state index contributed by atoms with van der Waals surface area (Å²) < 4.78 is 51.7. The predicted octanol–water partition coefficient (Wildman–Crippen LogP) is 2.09. The summed E-state index contributed by atoms with van der Waals surface area (Å²) in [6, 6.07) is 4.94. The number of aryl methyl sites for hydroxylation is 1. The van der Waals surface area contributed by atoms with Crippen molar-refractivity contribution in [2.45, 2.75) is 33.4 Å². The molecule has 0 aromatic heterocycles. The van der Waals surface area contributed by atoms with Crippen molar-refractivity contribution in [1.29, 1.82) is 0 Å². The zero-order valence-electron chi connectivity index (χ0n) is 14.7. The Morgan fingerprint density at radius 1 is 1.32 bits per heavy atom. The average molecular weight is 377 g/mol. The molecular formula is C16H25F2N3O3S. The molecule has 0 spiro atoms. The second-order valence-corrected chi connectivity index (χ2v) is 7.85. The Bertz CT molecular complexity index is 679. The van der Waals surface area contributed by atoms with Crippen LogP contribution in [-0.2, 0) is 16.4 Å². The summed E-state index contributed by atoms with van der Waals surface area (Å²) in [5.74, 6) is 0.668. The Morgan fingerprint density at radius 3 is 2.64 bits per heavy atom. The molecular weight excluding hydrogens is 352 g/mol. The highest BCUT2D eigenvalue weighted by Gasteiger charge is 2.10. The molecule has 0 fully saturated rings. The molecule has 142 valence electrons. The zero-order valence-corrected chi connectivity index (χ0v) is 15.5. The molecule has 0 atom stereocenters. The minimum atomic E-state index is -3.00. The molecule has 9 heteroatoms. The van der Waals surface area contributed by atoms with Crippen molar-refractivity contribution in [1.82, 2.24) is 10.6 Å². The number of alkyl halides is 2. The molecule has 0 bridgehead atoms. The fraction of sp³-hybridized carbons (Fsp3) is 0.562. The van der Waals surface area contributed by atoms with Gasteiger partial charge in [0.2, 0.25) is 0 Å². The maximum absolute atomic E-state index is 12.5. The number of guanidine groups is 1. The third-order valence-electron chi connectivity index (χ3n) is 3.17. The van der Waals surface area contributed by atoms with Crippen LogP contribution in [0.1, 0.15) is 24.5 Å². The van der Waals surface area contributed by atoms with Crippen LogP contribution in [0.4, 0.5) is 8.78 Å². The van der Waals surface area contributed by atoms with E-state index >= 15 is 0 Å². The van der Waals surface area contributed by atoms with Gasteiger partial charge in [0, 0.05) is 24.9 Å². The number of sulfone groups is 1. The zero-order chi connectivity index (χ0) is 18.9. The number of aliphatic imine (C=N–C) groups is 1. The molecule has 0 heterocycles. The Hall–Kier alpha value is -1.90. The van der Waals surface area contributed by atoms with Crippen LogP contribution in [0.25, 0.3) is 0 Å². The largest absolute Gasteiger partial charge is 0.434 e. The molecule has 1 rings (SSSR count). The van der Waals surface area contributed by atoms with Crippen LogP contribution in [0.3, 0.4) is 0 Å². The highest BCUT2D eigenvalue weighted by molar-refractivity contribution is 7.90. The average Bonchev–Trinajstić information content (AvgIpc) is 2.50. The van der Waals surface area contributed by atoms with Crippen molar-refractivity contribution >= 4 is 15.8 Å². The van der Waals surface area contributed by atoms with E-state index in [9.17, 15) is 17.2 Å². The fourth-order valence-electron chi connectivity index (χ4n) is 2.09. The first kappa shape index (κ1) is 21.1. The van der Waals surface area contributed by atoms with Crippen molar-refractivity contribution in [3.63, 3.8) is 0 Å². The molecule has 0 saturated carbocycles. The SMILES string of the molecule is CCNC(=NCc1cc(C)ccc1OC(F)F)NCCCS(C)(=O)=O. The molecule has 0 radical (unpaired) electrons. The molecule has 25 heavy (non-hydrogen) atoms. The highest BCUT2D eigenvalue weighted by atomic mass is 32.2. The van der Waals surface area contributed by atoms with E-state index in [1.54, 1.807) is 12.1 Å². The molecule has 0 amide bonds. The molecule has 0 aliphatic rings. The van der Waals surface area contributed by atoms with Gasteiger partial charge in [0.05, 0.1) is 12.3 Å². The summed E-state index contributed by atoms with van der Waals surface area (Å²) >= 11 is 0. The fourth-order valence-corrected chi connectivity index (χ4v) is 2.76. The summed E-state index contributed by atoms with van der Waals surface area (Å²) in [4.78, 5) is 4.35. The minimum absolute atomic E-state index is 0.0870. The van der Waals surface area contributed by atoms with E-state index in [2.05, 4.69) is 20.4 Å². The topological polar surface area (TPSA) is 79.8 Å². The molecule has 0 aliphatic heterocycles. The van der Waals surface area contributed by atoms with Crippen LogP contribution in [0.15, 0.2) is 23.2 Å². The third-order valence-corrected chi connectivity index (χ3v) is 4.20. The van der Waals surface area contributed by atoms with Crippen LogP contribution in [0.5, 0.6) is 5.75 Å². The van der Waals surface area contributed by atoms with Crippen molar-refractivity contribution in [3.8, 4) is 5.75 Å². The van der Waals surface area contributed by atoms with E-state index in [0.717, 1.165) is 5.56 Å². The summed E-state index contributed by atoms with van der Waals surface area (Å²) in [5, 5.41) is 6.05. The Balaban J connectivity index is 2.74. The van der Waals surface area contributed by atoms with Gasteiger partial charge in [-0.05, 0) is 26.3 Å². The summed E-state index contributed by atoms with van der Waals surface area (Å²) in [6.07, 6.45) is 1.64. The molecule has 6 nitrogen and oxygen atoms in total. The lowest BCUT2D eigenvalue weighted by Gasteiger charge is -2.13. The molecule has 2 N–H and O–H groups in total. The van der Waals surface area contributed by atoms with Crippen molar-refractivity contribution in [3.05, 3.63) is 29.3 Å². The number of nitrogens with one attached hydrogen (secondary N) is 2. The van der Waals surface area contributed by atoms with Gasteiger partial charge in [-0.15, -0.1) is 0 Å². The van der Waals surface area contributed by atoms with Gasteiger partial charge in [-0.1, -0.05) is 17.7 Å². The van der Waals surface area contributed by atoms with E-state index in [1.165, 1.54) is 12.3 Å². The highest BCUT2D eigenvalue weighted by Crippen LogP contribution is 2.22. The van der Waals surface area contributed by atoms with E-state index in [-0.39, 0.29) is 18.0 Å². The van der Waals surface area contributed by atoms with Gasteiger partial charge in [-0.25, -0.2) is 13.4 Å². The number of nitrogens with zero attached hydrogens (tertiary/aromatic N) is 1. The standard InChI is InChI=1S/C16H25F2N3O3S/c1-4-19-16(20-8-5-9-25(3,22)23)21-11-13-10-12(2)6-7-14(13)24-15(17)18/h6-7,10,15H,4-5,8-9,11H2,1-3H3,(H2,19,20,21). The maximum Gasteiger partial charge on any atom is 0.387 e. The van der Waals surface area contributed by atoms with Crippen LogP contribution in [-0.4, -0.2) is 46.1 Å². The number of benzene rings is 1. The van der Waals surface area contributed by atoms with Crippen molar-refractivity contribution in [2.24, 2.45) is 4.99 Å². The number of ether oxygens (including phenoxy) is 1. The van der Waals surface area contributed by atoms with Crippen molar-refractivity contribution in [2.75, 3.05) is 25.1 Å². The molecule has 1 aromatic rings. The molecule has 1 aromatic carbocycles. The quantitative estimate of drug-likeness (QED) is 0.391. The summed E-state index contributed by atoms with van der Waals surface area (Å²) in [7, 11) is -3.00. The lowest BCUT2D eigenvalue weighted by Crippen LogP contribution is -2.38. The monoisotopic (exact) mass is 377 g/mol. The molecule has 0 unspecified atom stereocenters. The van der Waals surface area contributed by atoms with Crippen LogP contribution in [0, 0.1) is 6.92 Å². The number of hydrogen-bond acceptors (Lipinski definition) is 4. The second-order valence-electron chi connectivity index (χ2n) is 5.60. The van der Waals surface area contributed by atoms with Gasteiger partial charge in [-0.2, -0.15) is 8.78 Å². The number of rotatable bonds is 9. The summed E-state index contributed by atoms with van der Waals surface area (Å²) in [6.45, 7) is 2.07. The lowest BCUT2D eigenvalue weighted by molar-refractivity contribution is -0.0504. The Morgan fingerprint density at radius 2 is 2.04 bits per heavy atom. The predicted molar refractivity (Wildman–Crippen MR) is 95.0 cm³/mol. The Labute approximate surface area is 147 Å². The normalized spacial score (nSPS) is 12.3. The first-order chi connectivity index (χ1) is 11.7. The number of hydrogen-bond donors (Lipinski definition) is 2. The van der Waals surface area contributed by atoms with Crippen LogP contribution < -0.4 is 15.4 Å². The van der Waals surface area contributed by atoms with Crippen molar-refractivity contribution < 1.29 is 21.9 Å². The van der Waals surface area contributed by atoms with E-state index in [1.807, 2.05) is 13.8 Å². The van der Waals surface area contributed by atoms with Gasteiger partial charge < -0.3 is 15.4 Å².